The fraction of sp³-hybridized carbons (Fsp3) is 0.390. The molecule has 0 atom stereocenters. The van der Waals surface area contributed by atoms with Crippen molar-refractivity contribution in [1.82, 2.24) is 39.9 Å². The molecule has 7 aromatic rings. The quantitative estimate of drug-likeness (QED) is 0.0219. The largest absolute Gasteiger partial charge is 0.370 e. The number of hydrogen-bond acceptors (Lipinski definition) is 16. The maximum Gasteiger partial charge on any atom is 0.222 e. The Balaban J connectivity index is 0.000000221. The molecule has 0 aliphatic rings. The van der Waals surface area contributed by atoms with Crippen LogP contribution in [0.4, 0.5) is 47.1 Å². The van der Waals surface area contributed by atoms with Gasteiger partial charge in [-0.05, 0) is 112 Å². The van der Waals surface area contributed by atoms with Gasteiger partial charge in [0, 0.05) is 60.7 Å². The Labute approximate surface area is 466 Å². The molecule has 4 aromatic heterocycles. The van der Waals surface area contributed by atoms with E-state index in [4.69, 9.17) is 22.9 Å². The molecule has 76 heavy (non-hydrogen) atoms. The number of benzene rings is 3. The van der Waals surface area contributed by atoms with E-state index in [1.807, 2.05) is 76.2 Å². The van der Waals surface area contributed by atoms with Gasteiger partial charge in [0.15, 0.2) is 0 Å². The average molecular weight is 1140 g/mol. The van der Waals surface area contributed by atoms with Crippen molar-refractivity contribution in [2.75, 3.05) is 70.4 Å². The molecule has 0 fully saturated rings. The molecule has 0 saturated carbocycles. The molecule has 0 unspecified atom stereocenters. The summed E-state index contributed by atoms with van der Waals surface area (Å²) in [5.41, 5.74) is 33.6. The first-order valence-corrected chi connectivity index (χ1v) is 27.8. The van der Waals surface area contributed by atoms with Gasteiger partial charge in [-0.15, -0.1) is 0 Å². The van der Waals surface area contributed by atoms with Gasteiger partial charge in [0.25, 0.3) is 0 Å². The summed E-state index contributed by atoms with van der Waals surface area (Å²) in [6, 6.07) is 31.0. The van der Waals surface area contributed by atoms with Crippen LogP contribution in [0.15, 0.2) is 91.0 Å². The highest BCUT2D eigenvalue weighted by Crippen LogP contribution is 2.24. The fourth-order valence-electron chi connectivity index (χ4n) is 7.67. The number of unbranched alkanes of at least 4 members (excludes halogenated alkanes) is 4. The number of nitrogens with two attached hydrogens (primary N) is 4. The van der Waals surface area contributed by atoms with Gasteiger partial charge in [-0.2, -0.15) is 19.9 Å². The third-order valence-electron chi connectivity index (χ3n) is 11.9. The zero-order chi connectivity index (χ0) is 55.1. The van der Waals surface area contributed by atoms with E-state index >= 15 is 0 Å². The first-order chi connectivity index (χ1) is 36.8. The smallest absolute Gasteiger partial charge is 0.222 e. The lowest BCUT2D eigenvalue weighted by Crippen LogP contribution is -2.11. The standard InChI is InChI=1S/C17H24N4.C17H22N4.C16H22N4.C9H15IN4/c2*1-3-4-12-19-16-15(13(2)20-17(18)21-16)11-10-14-8-6-5-7-9-14;1-3-4-10-18-15-14(12(2)19-16(17)20-15)11-13-8-6-5-7-9-13;1-3-4-5-12-8-7(10)6(2)13-9(11)14-8/h5-9H,3-4,10-12H2,1-2H3,(H3,18,19,20,21);5-11H,3-4,12H2,1-2H3,(H3,18,19,20,21);5-9H,3-4,10-11H2,1-2H3,(H3,17,18,19,20);3-5H2,1-2H3,(H3,11,12,13,14)/b;11-10+;;. The molecule has 0 radical (unpaired) electrons. The van der Waals surface area contributed by atoms with Gasteiger partial charge in [0.05, 0.1) is 15.0 Å². The van der Waals surface area contributed by atoms with Crippen molar-refractivity contribution in [3.63, 3.8) is 0 Å². The second-order valence-corrected chi connectivity index (χ2v) is 19.3. The van der Waals surface area contributed by atoms with Crippen LogP contribution in [0, 0.1) is 31.3 Å². The summed E-state index contributed by atoms with van der Waals surface area (Å²) in [5.74, 6) is 4.74. The Kier molecular flexibility index (Phi) is 27.8. The predicted octanol–water partition coefficient (Wildman–Crippen LogP) is 12.5. The highest BCUT2D eigenvalue weighted by atomic mass is 127. The molecular weight excluding hydrogens is 1060 g/mol. The van der Waals surface area contributed by atoms with Crippen molar-refractivity contribution in [3.8, 4) is 0 Å². The topological polar surface area (TPSA) is 255 Å². The SMILES string of the molecule is CCCCNc1nc(N)nc(C)c1/C=C/c1ccccc1.CCCCNc1nc(N)nc(C)c1CCc1ccccc1.CCCCNc1nc(N)nc(C)c1Cc1ccccc1.CCCCNc1nc(N)nc(C)c1I. The molecule has 4 heterocycles. The summed E-state index contributed by atoms with van der Waals surface area (Å²) in [7, 11) is 0. The van der Waals surface area contributed by atoms with E-state index in [0.29, 0.717) is 23.8 Å². The van der Waals surface area contributed by atoms with Crippen LogP contribution in [-0.2, 0) is 19.3 Å². The van der Waals surface area contributed by atoms with Crippen molar-refractivity contribution < 1.29 is 0 Å². The van der Waals surface area contributed by atoms with Crippen LogP contribution in [-0.4, -0.2) is 66.1 Å². The average Bonchev–Trinajstić information content (AvgIpc) is 3.40. The summed E-state index contributed by atoms with van der Waals surface area (Å²) in [5, 5.41) is 13.4. The fourth-order valence-corrected chi connectivity index (χ4v) is 8.10. The van der Waals surface area contributed by atoms with Crippen LogP contribution in [0.25, 0.3) is 12.2 Å². The van der Waals surface area contributed by atoms with Crippen molar-refractivity contribution in [2.24, 2.45) is 0 Å². The van der Waals surface area contributed by atoms with Gasteiger partial charge in [-0.25, -0.2) is 19.9 Å². The second-order valence-electron chi connectivity index (χ2n) is 18.3. The van der Waals surface area contributed by atoms with Gasteiger partial charge >= 0.3 is 0 Å². The van der Waals surface area contributed by atoms with Crippen molar-refractivity contribution >= 4 is 81.8 Å². The Morgan fingerprint density at radius 3 is 1.29 bits per heavy atom. The Bertz CT molecular complexity index is 2790. The van der Waals surface area contributed by atoms with Crippen molar-refractivity contribution in [3.05, 3.63) is 151 Å². The number of nitrogens with zero attached hydrogens (tertiary/aromatic N) is 8. The first-order valence-electron chi connectivity index (χ1n) is 26.7. The second kappa shape index (κ2) is 34.4. The highest BCUT2D eigenvalue weighted by Gasteiger charge is 2.13. The molecule has 0 bridgehead atoms. The monoisotopic (exact) mass is 1140 g/mol. The lowest BCUT2D eigenvalue weighted by molar-refractivity contribution is 0.824. The third-order valence-corrected chi connectivity index (χ3v) is 13.2. The molecule has 0 spiro atoms. The molecule has 406 valence electrons. The van der Waals surface area contributed by atoms with E-state index in [9.17, 15) is 0 Å². The number of nitrogen functional groups attached to an aromatic ring is 4. The lowest BCUT2D eigenvalue weighted by Gasteiger charge is -2.13. The summed E-state index contributed by atoms with van der Waals surface area (Å²) in [6.45, 7) is 20.2. The van der Waals surface area contributed by atoms with Gasteiger partial charge in [0.1, 0.15) is 23.3 Å². The van der Waals surface area contributed by atoms with Gasteiger partial charge in [0.2, 0.25) is 23.8 Å². The van der Waals surface area contributed by atoms with E-state index in [2.05, 4.69) is 166 Å². The van der Waals surface area contributed by atoms with Crippen molar-refractivity contribution in [2.45, 2.75) is 126 Å². The summed E-state index contributed by atoms with van der Waals surface area (Å²) < 4.78 is 1.05. The number of nitrogens with one attached hydrogen (secondary N) is 4. The third kappa shape index (κ3) is 22.0. The minimum absolute atomic E-state index is 0.309. The Hall–Kier alpha value is -7.15. The number of aromatic nitrogens is 8. The first kappa shape index (κ1) is 61.4. The Morgan fingerprint density at radius 1 is 0.408 bits per heavy atom. The molecule has 12 N–H and O–H groups in total. The summed E-state index contributed by atoms with van der Waals surface area (Å²) in [4.78, 5) is 34.1. The number of halogens is 1. The van der Waals surface area contributed by atoms with Gasteiger partial charge in [-0.1, -0.05) is 150 Å². The molecule has 0 saturated heterocycles. The highest BCUT2D eigenvalue weighted by molar-refractivity contribution is 14.1. The Morgan fingerprint density at radius 2 is 0.789 bits per heavy atom. The summed E-state index contributed by atoms with van der Waals surface area (Å²) in [6.07, 6.45) is 15.9. The van der Waals surface area contributed by atoms with Crippen LogP contribution >= 0.6 is 22.6 Å². The van der Waals surface area contributed by atoms with Crippen LogP contribution in [0.5, 0.6) is 0 Å². The van der Waals surface area contributed by atoms with Crippen molar-refractivity contribution in [1.29, 1.82) is 0 Å². The predicted molar refractivity (Wildman–Crippen MR) is 330 cm³/mol. The molecule has 16 nitrogen and oxygen atoms in total. The number of hydrogen-bond donors (Lipinski definition) is 8. The zero-order valence-electron chi connectivity index (χ0n) is 46.2. The molecule has 0 amide bonds. The molecule has 0 aliphatic heterocycles. The van der Waals surface area contributed by atoms with E-state index in [1.165, 1.54) is 23.1 Å². The van der Waals surface area contributed by atoms with E-state index in [-0.39, 0.29) is 0 Å². The van der Waals surface area contributed by atoms with Crippen LogP contribution < -0.4 is 44.2 Å². The maximum atomic E-state index is 5.78. The normalized spacial score (nSPS) is 10.6. The minimum atomic E-state index is 0.309. The van der Waals surface area contributed by atoms with Crippen LogP contribution in [0.1, 0.15) is 135 Å². The summed E-state index contributed by atoms with van der Waals surface area (Å²) >= 11 is 2.23. The van der Waals surface area contributed by atoms with E-state index < -0.39 is 0 Å². The van der Waals surface area contributed by atoms with Crippen LogP contribution in [0.3, 0.4) is 0 Å². The minimum Gasteiger partial charge on any atom is -0.370 e. The zero-order valence-corrected chi connectivity index (χ0v) is 48.3. The number of aryl methyl sites for hydroxylation is 5. The van der Waals surface area contributed by atoms with Gasteiger partial charge < -0.3 is 44.2 Å². The maximum absolute atomic E-state index is 5.78. The van der Waals surface area contributed by atoms with E-state index in [0.717, 1.165) is 157 Å². The number of rotatable bonds is 23. The van der Waals surface area contributed by atoms with E-state index in [1.54, 1.807) is 0 Å². The van der Waals surface area contributed by atoms with Crippen LogP contribution in [0.2, 0.25) is 0 Å². The molecule has 17 heteroatoms. The molecule has 3 aromatic carbocycles. The van der Waals surface area contributed by atoms with Gasteiger partial charge in [-0.3, -0.25) is 0 Å². The number of anilines is 8. The molecular formula is C59H83IN16. The molecule has 7 rings (SSSR count). The lowest BCUT2D eigenvalue weighted by atomic mass is 10.0. The molecule has 0 aliphatic carbocycles.